The fourth-order valence-corrected chi connectivity index (χ4v) is 1.94. The molecule has 3 heteroatoms. The van der Waals surface area contributed by atoms with Crippen molar-refractivity contribution in [1.82, 2.24) is 5.32 Å². The van der Waals surface area contributed by atoms with Crippen LogP contribution in [0, 0.1) is 11.8 Å². The molecule has 0 saturated heterocycles. The highest BCUT2D eigenvalue weighted by atomic mass is 16.1. The summed E-state index contributed by atoms with van der Waals surface area (Å²) in [5.41, 5.74) is 5.52. The van der Waals surface area contributed by atoms with Crippen molar-refractivity contribution in [1.29, 1.82) is 0 Å². The van der Waals surface area contributed by atoms with Crippen LogP contribution in [0.4, 0.5) is 0 Å². The Morgan fingerprint density at radius 2 is 1.81 bits per heavy atom. The Labute approximate surface area is 100 Å². The second kappa shape index (κ2) is 8.57. The van der Waals surface area contributed by atoms with Gasteiger partial charge in [-0.2, -0.15) is 0 Å². The summed E-state index contributed by atoms with van der Waals surface area (Å²) in [5, 5.41) is 3.08. The fraction of sp³-hybridized carbons (Fsp3) is 0.923. The maximum atomic E-state index is 11.7. The van der Waals surface area contributed by atoms with Crippen molar-refractivity contribution in [3.63, 3.8) is 0 Å². The maximum Gasteiger partial charge on any atom is 0.220 e. The van der Waals surface area contributed by atoms with Gasteiger partial charge in [0.05, 0.1) is 0 Å². The number of carbonyl (C=O) groups excluding carboxylic acids is 1. The average molecular weight is 228 g/mol. The van der Waals surface area contributed by atoms with Gasteiger partial charge in [0, 0.05) is 12.5 Å². The maximum absolute atomic E-state index is 11.7. The Kier molecular flexibility index (Phi) is 8.26. The molecule has 0 aliphatic heterocycles. The zero-order valence-corrected chi connectivity index (χ0v) is 11.3. The topological polar surface area (TPSA) is 55.1 Å². The second-order valence-electron chi connectivity index (χ2n) is 4.81. The van der Waals surface area contributed by atoms with Crippen LogP contribution in [0.3, 0.4) is 0 Å². The lowest BCUT2D eigenvalue weighted by atomic mass is 9.95. The van der Waals surface area contributed by atoms with Gasteiger partial charge in [-0.25, -0.2) is 0 Å². The van der Waals surface area contributed by atoms with Crippen LogP contribution in [0.2, 0.25) is 0 Å². The first-order chi connectivity index (χ1) is 7.54. The molecule has 1 amide bonds. The van der Waals surface area contributed by atoms with E-state index in [-0.39, 0.29) is 11.9 Å². The van der Waals surface area contributed by atoms with Gasteiger partial charge in [-0.3, -0.25) is 4.79 Å². The van der Waals surface area contributed by atoms with Crippen LogP contribution < -0.4 is 11.1 Å². The van der Waals surface area contributed by atoms with E-state index in [9.17, 15) is 4.79 Å². The van der Waals surface area contributed by atoms with E-state index in [1.165, 1.54) is 0 Å². The molecule has 2 unspecified atom stereocenters. The summed E-state index contributed by atoms with van der Waals surface area (Å²) in [7, 11) is 0. The number of amides is 1. The van der Waals surface area contributed by atoms with Gasteiger partial charge in [0.25, 0.3) is 0 Å². The summed E-state index contributed by atoms with van der Waals surface area (Å²) in [5.74, 6) is 1.20. The van der Waals surface area contributed by atoms with Crippen molar-refractivity contribution in [2.75, 3.05) is 6.54 Å². The Hall–Kier alpha value is -0.570. The third-order valence-corrected chi connectivity index (χ3v) is 3.41. The Morgan fingerprint density at radius 1 is 1.25 bits per heavy atom. The monoisotopic (exact) mass is 228 g/mol. The molecule has 0 bridgehead atoms. The standard InChI is InChI=1S/C13H28N2O/c1-5-12(6-2)11(4)15-13(16)8-7-10(3)9-14/h10-12H,5-9,14H2,1-4H3,(H,15,16). The van der Waals surface area contributed by atoms with Gasteiger partial charge < -0.3 is 11.1 Å². The van der Waals surface area contributed by atoms with Crippen molar-refractivity contribution >= 4 is 5.91 Å². The largest absolute Gasteiger partial charge is 0.353 e. The fourth-order valence-electron chi connectivity index (χ4n) is 1.94. The number of rotatable bonds is 8. The molecule has 0 spiro atoms. The molecular weight excluding hydrogens is 200 g/mol. The Balaban J connectivity index is 3.86. The molecule has 0 fully saturated rings. The quantitative estimate of drug-likeness (QED) is 0.670. The van der Waals surface area contributed by atoms with Crippen molar-refractivity contribution in [3.8, 4) is 0 Å². The minimum Gasteiger partial charge on any atom is -0.353 e. The van der Waals surface area contributed by atoms with Crippen molar-refractivity contribution < 1.29 is 4.79 Å². The van der Waals surface area contributed by atoms with Crippen molar-refractivity contribution in [2.45, 2.75) is 59.4 Å². The van der Waals surface area contributed by atoms with E-state index in [2.05, 4.69) is 33.0 Å². The molecule has 0 aromatic heterocycles. The van der Waals surface area contributed by atoms with Gasteiger partial charge in [0.2, 0.25) is 5.91 Å². The van der Waals surface area contributed by atoms with E-state index in [0.29, 0.717) is 24.8 Å². The van der Waals surface area contributed by atoms with E-state index >= 15 is 0 Å². The van der Waals surface area contributed by atoms with Crippen LogP contribution >= 0.6 is 0 Å². The van der Waals surface area contributed by atoms with Crippen LogP contribution in [0.5, 0.6) is 0 Å². The highest BCUT2D eigenvalue weighted by Gasteiger charge is 2.15. The van der Waals surface area contributed by atoms with Crippen LogP contribution in [-0.4, -0.2) is 18.5 Å². The molecule has 0 aromatic rings. The normalized spacial score (nSPS) is 14.9. The number of hydrogen-bond donors (Lipinski definition) is 2. The highest BCUT2D eigenvalue weighted by molar-refractivity contribution is 5.76. The first kappa shape index (κ1) is 15.4. The zero-order valence-electron chi connectivity index (χ0n) is 11.3. The summed E-state index contributed by atoms with van der Waals surface area (Å²) in [6, 6.07) is 0.288. The average Bonchev–Trinajstić information content (AvgIpc) is 2.27. The number of nitrogens with one attached hydrogen (secondary N) is 1. The summed E-state index contributed by atoms with van der Waals surface area (Å²) in [4.78, 5) is 11.7. The molecule has 3 nitrogen and oxygen atoms in total. The molecule has 2 atom stereocenters. The first-order valence-corrected chi connectivity index (χ1v) is 6.54. The lowest BCUT2D eigenvalue weighted by Gasteiger charge is -2.22. The van der Waals surface area contributed by atoms with Gasteiger partial charge in [-0.1, -0.05) is 33.6 Å². The van der Waals surface area contributed by atoms with Crippen LogP contribution in [-0.2, 0) is 4.79 Å². The van der Waals surface area contributed by atoms with Gasteiger partial charge in [-0.15, -0.1) is 0 Å². The lowest BCUT2D eigenvalue weighted by molar-refractivity contribution is -0.122. The third kappa shape index (κ3) is 6.11. The van der Waals surface area contributed by atoms with Gasteiger partial charge >= 0.3 is 0 Å². The summed E-state index contributed by atoms with van der Waals surface area (Å²) in [6.45, 7) is 9.19. The molecule has 0 radical (unpaired) electrons. The molecule has 0 rings (SSSR count). The minimum atomic E-state index is 0.166. The molecule has 0 aliphatic rings. The van der Waals surface area contributed by atoms with Crippen molar-refractivity contribution in [2.24, 2.45) is 17.6 Å². The zero-order chi connectivity index (χ0) is 12.6. The minimum absolute atomic E-state index is 0.166. The number of carbonyl (C=O) groups is 1. The predicted molar refractivity (Wildman–Crippen MR) is 69.1 cm³/mol. The van der Waals surface area contributed by atoms with E-state index < -0.39 is 0 Å². The number of nitrogens with two attached hydrogens (primary N) is 1. The van der Waals surface area contributed by atoms with Gasteiger partial charge in [0.15, 0.2) is 0 Å². The lowest BCUT2D eigenvalue weighted by Crippen LogP contribution is -2.37. The van der Waals surface area contributed by atoms with Crippen LogP contribution in [0.1, 0.15) is 53.4 Å². The Morgan fingerprint density at radius 3 is 2.25 bits per heavy atom. The predicted octanol–water partition coefficient (Wildman–Crippen LogP) is 2.30. The van der Waals surface area contributed by atoms with Crippen LogP contribution in [0.15, 0.2) is 0 Å². The van der Waals surface area contributed by atoms with Gasteiger partial charge in [-0.05, 0) is 31.7 Å². The molecule has 96 valence electrons. The smallest absolute Gasteiger partial charge is 0.220 e. The Bertz CT molecular complexity index is 190. The summed E-state index contributed by atoms with van der Waals surface area (Å²) in [6.07, 6.45) is 3.73. The van der Waals surface area contributed by atoms with Gasteiger partial charge in [0.1, 0.15) is 0 Å². The van der Waals surface area contributed by atoms with Crippen LogP contribution in [0.25, 0.3) is 0 Å². The molecule has 3 N–H and O–H groups in total. The first-order valence-electron chi connectivity index (χ1n) is 6.54. The molecular formula is C13H28N2O. The van der Waals surface area contributed by atoms with E-state index in [0.717, 1.165) is 19.3 Å². The van der Waals surface area contributed by atoms with E-state index in [1.54, 1.807) is 0 Å². The molecule has 0 heterocycles. The third-order valence-electron chi connectivity index (χ3n) is 3.41. The summed E-state index contributed by atoms with van der Waals surface area (Å²) >= 11 is 0. The second-order valence-corrected chi connectivity index (χ2v) is 4.81. The molecule has 0 aliphatic carbocycles. The van der Waals surface area contributed by atoms with E-state index in [4.69, 9.17) is 5.73 Å². The number of hydrogen-bond acceptors (Lipinski definition) is 2. The SMILES string of the molecule is CCC(CC)C(C)NC(=O)CCC(C)CN. The van der Waals surface area contributed by atoms with E-state index in [1.807, 2.05) is 0 Å². The molecule has 16 heavy (non-hydrogen) atoms. The van der Waals surface area contributed by atoms with Crippen molar-refractivity contribution in [3.05, 3.63) is 0 Å². The molecule has 0 saturated carbocycles. The highest BCUT2D eigenvalue weighted by Crippen LogP contribution is 2.13. The summed E-state index contributed by atoms with van der Waals surface area (Å²) < 4.78 is 0. The molecule has 0 aromatic carbocycles.